The van der Waals surface area contributed by atoms with E-state index in [1.807, 2.05) is 0 Å². The average Bonchev–Trinajstić information content (AvgIpc) is 3.41. The van der Waals surface area contributed by atoms with Gasteiger partial charge in [0.15, 0.2) is 0 Å². The van der Waals surface area contributed by atoms with Crippen LogP contribution in [-0.2, 0) is 0 Å². The fourth-order valence-corrected chi connectivity index (χ4v) is 23.1. The first-order valence-electron chi connectivity index (χ1n) is 32.8. The van der Waals surface area contributed by atoms with Crippen LogP contribution in [0.4, 0.5) is 0 Å². The summed E-state index contributed by atoms with van der Waals surface area (Å²) < 4.78 is 0. The minimum Gasteiger partial charge on any atom is -0.0533 e. The first kappa shape index (κ1) is 48.3. The van der Waals surface area contributed by atoms with E-state index in [2.05, 4.69) is 0 Å². The Morgan fingerprint density at radius 1 is 0.121 bits per heavy atom. The van der Waals surface area contributed by atoms with Crippen molar-refractivity contribution in [3.8, 4) is 0 Å². The predicted octanol–water partition coefficient (Wildman–Crippen LogP) is 20.4. The van der Waals surface area contributed by atoms with Gasteiger partial charge in [0.25, 0.3) is 0 Å². The summed E-state index contributed by atoms with van der Waals surface area (Å²) in [5.41, 5.74) is 0. The highest BCUT2D eigenvalue weighted by atomic mass is 14.6. The Kier molecular flexibility index (Phi) is 17.3. The summed E-state index contributed by atoms with van der Waals surface area (Å²) >= 11 is 0. The molecule has 0 aromatic carbocycles. The second kappa shape index (κ2) is 23.7. The van der Waals surface area contributed by atoms with Gasteiger partial charge in [0.05, 0.1) is 0 Å². The molecule has 10 unspecified atom stereocenters. The van der Waals surface area contributed by atoms with E-state index in [0.29, 0.717) is 0 Å². The third kappa shape index (κ3) is 10.7. The van der Waals surface area contributed by atoms with Crippen LogP contribution in [0.5, 0.6) is 0 Å². The monoisotopic (exact) mass is 905 g/mol. The van der Waals surface area contributed by atoms with Crippen molar-refractivity contribution in [2.45, 2.75) is 295 Å². The van der Waals surface area contributed by atoms with Crippen molar-refractivity contribution >= 4 is 0 Å². The molecular weight excluding hydrogens is 793 g/mol. The molecule has 11 fully saturated rings. The van der Waals surface area contributed by atoms with Crippen LogP contribution >= 0.6 is 0 Å². The van der Waals surface area contributed by atoms with E-state index in [-0.39, 0.29) is 0 Å². The molecule has 0 aromatic heterocycles. The summed E-state index contributed by atoms with van der Waals surface area (Å²) in [6, 6.07) is 0. The van der Waals surface area contributed by atoms with Gasteiger partial charge in [-0.3, -0.25) is 0 Å². The molecular formula is C66H112. The maximum atomic E-state index is 1.71. The summed E-state index contributed by atoms with van der Waals surface area (Å²) in [6.45, 7) is 0. The minimum atomic E-state index is 1.08. The molecule has 0 N–H and O–H groups in total. The van der Waals surface area contributed by atoms with E-state index >= 15 is 0 Å². The average molecular weight is 906 g/mol. The van der Waals surface area contributed by atoms with Crippen LogP contribution in [0.3, 0.4) is 0 Å². The summed E-state index contributed by atoms with van der Waals surface area (Å²) in [4.78, 5) is 0. The van der Waals surface area contributed by atoms with Gasteiger partial charge >= 0.3 is 0 Å². The quantitative estimate of drug-likeness (QED) is 0.205. The highest BCUT2D eigenvalue weighted by molar-refractivity contribution is 5.07. The van der Waals surface area contributed by atoms with Crippen molar-refractivity contribution in [3.63, 3.8) is 0 Å². The van der Waals surface area contributed by atoms with Crippen molar-refractivity contribution in [3.05, 3.63) is 0 Å². The van der Waals surface area contributed by atoms with E-state index in [1.54, 1.807) is 295 Å². The predicted molar refractivity (Wildman–Crippen MR) is 282 cm³/mol. The second-order valence-corrected chi connectivity index (χ2v) is 28.5. The zero-order valence-electron chi connectivity index (χ0n) is 44.1. The molecule has 11 rings (SSSR count). The topological polar surface area (TPSA) is 0 Å². The lowest BCUT2D eigenvalue weighted by atomic mass is 9.43. The van der Waals surface area contributed by atoms with E-state index in [1.165, 1.54) is 0 Å². The third-order valence-corrected chi connectivity index (χ3v) is 25.5. The first-order chi connectivity index (χ1) is 32.8. The Hall–Kier alpha value is 0. The van der Waals surface area contributed by atoms with Gasteiger partial charge in [-0.25, -0.2) is 0 Å². The first-order valence-corrected chi connectivity index (χ1v) is 32.8. The van der Waals surface area contributed by atoms with Crippen LogP contribution in [0.1, 0.15) is 295 Å². The molecule has 11 aliphatic rings. The van der Waals surface area contributed by atoms with Gasteiger partial charge in [-0.15, -0.1) is 0 Å². The molecule has 0 saturated heterocycles. The zero-order chi connectivity index (χ0) is 44.1. The van der Waals surface area contributed by atoms with E-state index in [9.17, 15) is 0 Å². The van der Waals surface area contributed by atoms with Crippen LogP contribution in [0, 0.1) is 118 Å². The molecule has 11 saturated carbocycles. The molecule has 0 aliphatic heterocycles. The standard InChI is InChI=1S/C66H112/c1-9-25-47(26-10-1)57-45-59(49-29-13-3-14-30-49)63(65(53-37-21-7-22-38-53)61(57)51-33-17-5-18-34-51)55-41-43-56(44-42-55)64-60(50-31-15-4-16-32-50)46-58(48-27-11-2-12-28-48)62(52-35-19-6-20-36-52)66(64)54-39-23-8-24-40-54/h47-66H,1-46H2. The van der Waals surface area contributed by atoms with Crippen molar-refractivity contribution in [1.82, 2.24) is 0 Å². The third-order valence-electron chi connectivity index (χ3n) is 25.5. The lowest BCUT2D eigenvalue weighted by Gasteiger charge is -2.61. The van der Waals surface area contributed by atoms with Gasteiger partial charge in [-0.1, -0.05) is 257 Å². The highest BCUT2D eigenvalue weighted by Gasteiger charge is 2.58. The number of hydrogen-bond donors (Lipinski definition) is 0. The number of hydrogen-bond acceptors (Lipinski definition) is 0. The van der Waals surface area contributed by atoms with E-state index < -0.39 is 0 Å². The highest BCUT2D eigenvalue weighted by Crippen LogP contribution is 2.66. The fourth-order valence-electron chi connectivity index (χ4n) is 23.1. The molecule has 376 valence electrons. The zero-order valence-corrected chi connectivity index (χ0v) is 44.1. The summed E-state index contributed by atoms with van der Waals surface area (Å²) in [5, 5.41) is 0. The Balaban J connectivity index is 0.942. The fraction of sp³-hybridized carbons (Fsp3) is 1.00. The molecule has 66 heavy (non-hydrogen) atoms. The van der Waals surface area contributed by atoms with Gasteiger partial charge in [-0.2, -0.15) is 0 Å². The Morgan fingerprint density at radius 2 is 0.273 bits per heavy atom. The van der Waals surface area contributed by atoms with Crippen molar-refractivity contribution in [2.24, 2.45) is 118 Å². The molecule has 10 atom stereocenters. The van der Waals surface area contributed by atoms with Crippen molar-refractivity contribution < 1.29 is 0 Å². The van der Waals surface area contributed by atoms with Crippen LogP contribution in [0.2, 0.25) is 0 Å². The molecule has 0 bridgehead atoms. The SMILES string of the molecule is C1CCC(C2CC(C3CCCCC3)C(C3CCC(C4C(C5CCCCC5)CC(C5CCCCC5)C(C5CCCCC5)C4C4CCCCC4)CC3)C(C3CCCCC3)C2C2CCCCC2)CC1. The van der Waals surface area contributed by atoms with Gasteiger partial charge in [0.1, 0.15) is 0 Å². The van der Waals surface area contributed by atoms with Gasteiger partial charge in [0, 0.05) is 0 Å². The molecule has 0 heterocycles. The molecule has 0 heteroatoms. The normalized spacial score (nSPS) is 42.9. The van der Waals surface area contributed by atoms with E-state index in [0.717, 1.165) is 118 Å². The largest absolute Gasteiger partial charge is 0.0533 e. The lowest BCUT2D eigenvalue weighted by molar-refractivity contribution is -0.128. The molecule has 0 amide bonds. The van der Waals surface area contributed by atoms with Gasteiger partial charge < -0.3 is 0 Å². The van der Waals surface area contributed by atoms with Crippen LogP contribution in [0.25, 0.3) is 0 Å². The summed E-state index contributed by atoms with van der Waals surface area (Å²) in [7, 11) is 0. The summed E-state index contributed by atoms with van der Waals surface area (Å²) in [6.07, 6.45) is 73.8. The van der Waals surface area contributed by atoms with Crippen molar-refractivity contribution in [1.29, 1.82) is 0 Å². The summed E-state index contributed by atoms with van der Waals surface area (Å²) in [5.74, 6) is 21.9. The Bertz CT molecular complexity index is 1260. The molecule has 0 spiro atoms. The maximum absolute atomic E-state index is 1.71. The Morgan fingerprint density at radius 3 is 0.470 bits per heavy atom. The van der Waals surface area contributed by atoms with Crippen LogP contribution < -0.4 is 0 Å². The van der Waals surface area contributed by atoms with Gasteiger partial charge in [0.2, 0.25) is 0 Å². The lowest BCUT2D eigenvalue weighted by Crippen LogP contribution is -2.55. The van der Waals surface area contributed by atoms with Gasteiger partial charge in [-0.05, 0) is 157 Å². The van der Waals surface area contributed by atoms with Crippen LogP contribution in [0.15, 0.2) is 0 Å². The Labute approximate surface area is 411 Å². The number of rotatable bonds is 10. The smallest absolute Gasteiger partial charge is 0.0318 e. The molecule has 11 aliphatic carbocycles. The minimum absolute atomic E-state index is 1.08. The molecule has 0 radical (unpaired) electrons. The molecule has 0 nitrogen and oxygen atoms in total. The van der Waals surface area contributed by atoms with E-state index in [4.69, 9.17) is 0 Å². The molecule has 0 aromatic rings. The maximum Gasteiger partial charge on any atom is -0.0318 e. The van der Waals surface area contributed by atoms with Crippen LogP contribution in [-0.4, -0.2) is 0 Å². The van der Waals surface area contributed by atoms with Crippen molar-refractivity contribution in [2.75, 3.05) is 0 Å². The second-order valence-electron chi connectivity index (χ2n) is 28.5.